The first-order chi connectivity index (χ1) is 15.5. The molecule has 5 rings (SSSR count). The molecular formula is C24H24BrN5O2. The Kier molecular flexibility index (Phi) is 5.48. The lowest BCUT2D eigenvalue weighted by molar-refractivity contribution is 0.102. The lowest BCUT2D eigenvalue weighted by atomic mass is 10.1. The largest absolute Gasteiger partial charge is 0.496 e. The monoisotopic (exact) mass is 493 g/mol. The number of fused-ring (bicyclic) bond motifs is 2. The second kappa shape index (κ2) is 8.44. The third-order valence-corrected chi connectivity index (χ3v) is 6.47. The van der Waals surface area contributed by atoms with Crippen molar-refractivity contribution in [1.29, 1.82) is 0 Å². The Labute approximate surface area is 194 Å². The molecule has 1 fully saturated rings. The summed E-state index contributed by atoms with van der Waals surface area (Å²) in [6, 6.07) is 11.7. The molecule has 0 atom stereocenters. The third-order valence-electron chi connectivity index (χ3n) is 6.02. The molecule has 2 aromatic carbocycles. The normalized spacial score (nSPS) is 14.8. The highest BCUT2D eigenvalue weighted by atomic mass is 79.9. The van der Waals surface area contributed by atoms with Gasteiger partial charge in [-0.1, -0.05) is 15.9 Å². The molecule has 8 heteroatoms. The molecule has 7 nitrogen and oxygen atoms in total. The van der Waals surface area contributed by atoms with Gasteiger partial charge in [0.1, 0.15) is 11.4 Å². The number of hydrogen-bond acceptors (Lipinski definition) is 5. The topological polar surface area (TPSA) is 73.5 Å². The van der Waals surface area contributed by atoms with E-state index in [4.69, 9.17) is 4.74 Å². The Hall–Kier alpha value is -3.10. The number of halogens is 1. The van der Waals surface area contributed by atoms with Gasteiger partial charge in [-0.2, -0.15) is 0 Å². The molecule has 2 aromatic heterocycles. The number of H-pyrrole nitrogens is 1. The molecular weight excluding hydrogens is 470 g/mol. The number of carbonyl (C=O) groups is 1. The highest BCUT2D eigenvalue weighted by Gasteiger charge is 2.19. The number of benzene rings is 2. The van der Waals surface area contributed by atoms with E-state index in [1.54, 1.807) is 13.3 Å². The fraction of sp³-hybridized carbons (Fsp3) is 0.250. The summed E-state index contributed by atoms with van der Waals surface area (Å²) in [7, 11) is 3.77. The number of nitrogens with zero attached hydrogens (tertiary/aromatic N) is 3. The van der Waals surface area contributed by atoms with Crippen molar-refractivity contribution in [3.8, 4) is 5.75 Å². The van der Waals surface area contributed by atoms with Crippen molar-refractivity contribution in [2.75, 3.05) is 50.6 Å². The maximum absolute atomic E-state index is 13.1. The first-order valence-corrected chi connectivity index (χ1v) is 11.3. The summed E-state index contributed by atoms with van der Waals surface area (Å²) >= 11 is 3.48. The minimum Gasteiger partial charge on any atom is -0.496 e. The summed E-state index contributed by atoms with van der Waals surface area (Å²) in [5, 5.41) is 5.93. The summed E-state index contributed by atoms with van der Waals surface area (Å²) in [5.74, 6) is 0.493. The molecule has 1 aliphatic rings. The Balaban J connectivity index is 1.47. The first kappa shape index (κ1) is 20.8. The quantitative estimate of drug-likeness (QED) is 0.438. The van der Waals surface area contributed by atoms with E-state index in [1.807, 2.05) is 36.5 Å². The van der Waals surface area contributed by atoms with E-state index in [2.05, 4.69) is 54.1 Å². The SMILES string of the molecule is COc1cc(Br)cc2[nH]c(C(=O)Nc3ccc(N4CCN(C)CC4)c4ccncc34)cc12. The van der Waals surface area contributed by atoms with Crippen molar-refractivity contribution in [3.05, 3.63) is 59.0 Å². The standard InChI is InChI=1S/C24H24BrN5O2/c1-29-7-9-30(10-8-29)22-4-3-19(18-14-26-6-5-16(18)22)28-24(31)21-13-17-20(27-21)11-15(25)12-23(17)32-2/h3-6,11-14,27H,7-10H2,1-2H3,(H,28,31). The fourth-order valence-corrected chi connectivity index (χ4v) is 4.69. The van der Waals surface area contributed by atoms with Crippen LogP contribution in [0.4, 0.5) is 11.4 Å². The number of aromatic amines is 1. The molecule has 4 aromatic rings. The second-order valence-electron chi connectivity index (χ2n) is 8.05. The van der Waals surface area contributed by atoms with Gasteiger partial charge in [0, 0.05) is 64.9 Å². The Morgan fingerprint density at radius 3 is 2.69 bits per heavy atom. The van der Waals surface area contributed by atoms with Gasteiger partial charge in [-0.15, -0.1) is 0 Å². The maximum Gasteiger partial charge on any atom is 0.272 e. The Morgan fingerprint density at radius 1 is 1.09 bits per heavy atom. The third kappa shape index (κ3) is 3.80. The van der Waals surface area contributed by atoms with Crippen LogP contribution in [0.3, 0.4) is 0 Å². The molecule has 0 bridgehead atoms. The summed E-state index contributed by atoms with van der Waals surface area (Å²) < 4.78 is 6.34. The van der Waals surface area contributed by atoms with Crippen LogP contribution in [0, 0.1) is 0 Å². The van der Waals surface area contributed by atoms with Gasteiger partial charge in [-0.25, -0.2) is 0 Å². The molecule has 0 aliphatic carbocycles. The van der Waals surface area contributed by atoms with E-state index in [0.717, 1.165) is 58.0 Å². The summed E-state index contributed by atoms with van der Waals surface area (Å²) in [6.07, 6.45) is 3.62. The summed E-state index contributed by atoms with van der Waals surface area (Å²) in [5.41, 5.74) is 3.21. The zero-order valence-electron chi connectivity index (χ0n) is 18.0. The van der Waals surface area contributed by atoms with Crippen molar-refractivity contribution in [3.63, 3.8) is 0 Å². The number of aromatic nitrogens is 2. The number of nitrogens with one attached hydrogen (secondary N) is 2. The Morgan fingerprint density at radius 2 is 1.91 bits per heavy atom. The van der Waals surface area contributed by atoms with Gasteiger partial charge in [0.25, 0.3) is 5.91 Å². The zero-order valence-corrected chi connectivity index (χ0v) is 19.6. The second-order valence-corrected chi connectivity index (χ2v) is 8.97. The Bertz CT molecular complexity index is 1310. The lowest BCUT2D eigenvalue weighted by Gasteiger charge is -2.34. The van der Waals surface area contributed by atoms with E-state index in [0.29, 0.717) is 11.4 Å². The molecule has 0 saturated carbocycles. The van der Waals surface area contributed by atoms with Crippen LogP contribution in [-0.2, 0) is 0 Å². The van der Waals surface area contributed by atoms with Crippen molar-refractivity contribution >= 4 is 54.9 Å². The van der Waals surface area contributed by atoms with E-state index < -0.39 is 0 Å². The van der Waals surface area contributed by atoms with Crippen LogP contribution in [-0.4, -0.2) is 61.1 Å². The summed E-state index contributed by atoms with van der Waals surface area (Å²) in [4.78, 5) is 25.3. The predicted octanol–water partition coefficient (Wildman–Crippen LogP) is 4.49. The van der Waals surface area contributed by atoms with Gasteiger partial charge in [-0.3, -0.25) is 9.78 Å². The molecule has 3 heterocycles. The van der Waals surface area contributed by atoms with E-state index >= 15 is 0 Å². The molecule has 0 spiro atoms. The molecule has 32 heavy (non-hydrogen) atoms. The molecule has 1 amide bonds. The molecule has 0 radical (unpaired) electrons. The van der Waals surface area contributed by atoms with Gasteiger partial charge in [0.15, 0.2) is 0 Å². The molecule has 2 N–H and O–H groups in total. The number of methoxy groups -OCH3 is 1. The number of carbonyl (C=O) groups excluding carboxylic acids is 1. The molecule has 164 valence electrons. The number of anilines is 2. The highest BCUT2D eigenvalue weighted by Crippen LogP contribution is 2.34. The van der Waals surface area contributed by atoms with Gasteiger partial charge in [0.05, 0.1) is 18.3 Å². The minimum absolute atomic E-state index is 0.211. The van der Waals surface area contributed by atoms with E-state index in [1.165, 1.54) is 5.69 Å². The highest BCUT2D eigenvalue weighted by molar-refractivity contribution is 9.10. The van der Waals surface area contributed by atoms with Crippen molar-refractivity contribution in [1.82, 2.24) is 14.9 Å². The predicted molar refractivity (Wildman–Crippen MR) is 132 cm³/mol. The molecule has 1 aliphatic heterocycles. The van der Waals surface area contributed by atoms with Crippen LogP contribution in [0.1, 0.15) is 10.5 Å². The number of amides is 1. The number of piperazine rings is 1. The fourth-order valence-electron chi connectivity index (χ4n) is 4.26. The van der Waals surface area contributed by atoms with Gasteiger partial charge in [0.2, 0.25) is 0 Å². The van der Waals surface area contributed by atoms with E-state index in [-0.39, 0.29) is 5.91 Å². The molecule has 1 saturated heterocycles. The van der Waals surface area contributed by atoms with Crippen LogP contribution in [0.25, 0.3) is 21.7 Å². The number of hydrogen-bond donors (Lipinski definition) is 2. The average Bonchev–Trinajstić information content (AvgIpc) is 3.23. The zero-order chi connectivity index (χ0) is 22.2. The van der Waals surface area contributed by atoms with Gasteiger partial charge < -0.3 is 24.8 Å². The first-order valence-electron chi connectivity index (χ1n) is 10.5. The number of ether oxygens (including phenoxy) is 1. The van der Waals surface area contributed by atoms with Crippen LogP contribution >= 0.6 is 15.9 Å². The van der Waals surface area contributed by atoms with Crippen LogP contribution < -0.4 is 15.0 Å². The average molecular weight is 494 g/mol. The van der Waals surface area contributed by atoms with E-state index in [9.17, 15) is 4.79 Å². The minimum atomic E-state index is -0.211. The smallest absolute Gasteiger partial charge is 0.272 e. The van der Waals surface area contributed by atoms with Crippen molar-refractivity contribution < 1.29 is 9.53 Å². The number of pyridine rings is 1. The van der Waals surface area contributed by atoms with Gasteiger partial charge in [-0.05, 0) is 43.4 Å². The molecule has 0 unspecified atom stereocenters. The lowest BCUT2D eigenvalue weighted by Crippen LogP contribution is -2.44. The van der Waals surface area contributed by atoms with Crippen molar-refractivity contribution in [2.45, 2.75) is 0 Å². The number of rotatable bonds is 4. The maximum atomic E-state index is 13.1. The van der Waals surface area contributed by atoms with Gasteiger partial charge >= 0.3 is 0 Å². The van der Waals surface area contributed by atoms with Crippen LogP contribution in [0.5, 0.6) is 5.75 Å². The van der Waals surface area contributed by atoms with Crippen LogP contribution in [0.15, 0.2) is 53.3 Å². The number of likely N-dealkylation sites (N-methyl/N-ethyl adjacent to an activating group) is 1. The van der Waals surface area contributed by atoms with Crippen LogP contribution in [0.2, 0.25) is 0 Å². The van der Waals surface area contributed by atoms with Crippen molar-refractivity contribution in [2.24, 2.45) is 0 Å². The summed E-state index contributed by atoms with van der Waals surface area (Å²) in [6.45, 7) is 4.02.